The third kappa shape index (κ3) is 12.1. The number of unbranched alkanes of at least 4 members (excludes halogenated alkanes) is 1. The molecule has 1 aromatic rings. The van der Waals surface area contributed by atoms with Crippen LogP contribution < -0.4 is 15.4 Å². The van der Waals surface area contributed by atoms with Crippen LogP contribution in [0.2, 0.25) is 0 Å². The van der Waals surface area contributed by atoms with Crippen molar-refractivity contribution in [3.8, 4) is 5.88 Å². The summed E-state index contributed by atoms with van der Waals surface area (Å²) in [5.74, 6) is 1.73. The van der Waals surface area contributed by atoms with E-state index in [-0.39, 0.29) is 29.9 Å². The van der Waals surface area contributed by atoms with Gasteiger partial charge in [0.15, 0.2) is 12.6 Å². The number of hydrogen-bond donors (Lipinski definition) is 2. The van der Waals surface area contributed by atoms with Gasteiger partial charge in [-0.3, -0.25) is 4.99 Å². The van der Waals surface area contributed by atoms with E-state index in [1.807, 2.05) is 11.8 Å². The van der Waals surface area contributed by atoms with Crippen molar-refractivity contribution in [2.45, 2.75) is 25.6 Å². The summed E-state index contributed by atoms with van der Waals surface area (Å²) in [4.78, 5) is 7.88. The lowest BCUT2D eigenvalue weighted by Gasteiger charge is -2.13. The summed E-state index contributed by atoms with van der Waals surface area (Å²) < 4.78 is 41.1. The van der Waals surface area contributed by atoms with Crippen LogP contribution in [-0.2, 0) is 6.54 Å². The third-order valence-corrected chi connectivity index (χ3v) is 3.63. The fraction of sp³-hybridized carbons (Fsp3) is 0.600. The Bertz CT molecular complexity index is 518. The van der Waals surface area contributed by atoms with E-state index in [4.69, 9.17) is 0 Å². The number of nitrogens with one attached hydrogen (secondary N) is 2. The summed E-state index contributed by atoms with van der Waals surface area (Å²) in [5.41, 5.74) is 0.757. The molecule has 0 unspecified atom stereocenters. The second kappa shape index (κ2) is 13.3. The molecule has 0 spiro atoms. The topological polar surface area (TPSA) is 58.5 Å². The number of pyridine rings is 1. The van der Waals surface area contributed by atoms with Gasteiger partial charge < -0.3 is 15.4 Å². The highest BCUT2D eigenvalue weighted by molar-refractivity contribution is 14.0. The van der Waals surface area contributed by atoms with Crippen LogP contribution in [0.1, 0.15) is 18.4 Å². The molecule has 1 aromatic heterocycles. The molecule has 10 heteroatoms. The zero-order valence-electron chi connectivity index (χ0n) is 14.2. The maximum atomic E-state index is 12.1. The second-order valence-corrected chi connectivity index (χ2v) is 5.94. The Kier molecular flexibility index (Phi) is 12.8. The number of halogens is 4. The van der Waals surface area contributed by atoms with E-state index in [2.05, 4.69) is 31.6 Å². The van der Waals surface area contributed by atoms with Crippen LogP contribution in [0.3, 0.4) is 0 Å². The van der Waals surface area contributed by atoms with Gasteiger partial charge in [0, 0.05) is 32.4 Å². The summed E-state index contributed by atoms with van der Waals surface area (Å²) in [5, 5.41) is 6.30. The van der Waals surface area contributed by atoms with E-state index in [9.17, 15) is 13.2 Å². The van der Waals surface area contributed by atoms with Crippen molar-refractivity contribution >= 4 is 41.7 Å². The van der Waals surface area contributed by atoms with Crippen molar-refractivity contribution in [1.29, 1.82) is 0 Å². The van der Waals surface area contributed by atoms with E-state index < -0.39 is 12.8 Å². The monoisotopic (exact) mass is 492 g/mol. The van der Waals surface area contributed by atoms with Gasteiger partial charge in [-0.1, -0.05) is 0 Å². The molecule has 0 fully saturated rings. The zero-order chi connectivity index (χ0) is 17.8. The lowest BCUT2D eigenvalue weighted by atomic mass is 10.2. The first kappa shape index (κ1) is 24.1. The predicted molar refractivity (Wildman–Crippen MR) is 107 cm³/mol. The van der Waals surface area contributed by atoms with Gasteiger partial charge >= 0.3 is 6.18 Å². The minimum atomic E-state index is -4.38. The Morgan fingerprint density at radius 3 is 2.72 bits per heavy atom. The first-order chi connectivity index (χ1) is 11.4. The number of thioether (sulfide) groups is 1. The van der Waals surface area contributed by atoms with Gasteiger partial charge in [0.2, 0.25) is 5.88 Å². The van der Waals surface area contributed by atoms with Crippen molar-refractivity contribution in [3.63, 3.8) is 0 Å². The average molecular weight is 492 g/mol. The number of guanidine groups is 1. The molecule has 0 radical (unpaired) electrons. The molecule has 0 amide bonds. The normalized spacial score (nSPS) is 11.6. The van der Waals surface area contributed by atoms with Gasteiger partial charge in [0.1, 0.15) is 0 Å². The maximum Gasteiger partial charge on any atom is 0.422 e. The molecule has 0 aliphatic carbocycles. The molecule has 0 aliphatic rings. The number of alkyl halides is 3. The molecular weight excluding hydrogens is 468 g/mol. The molecule has 144 valence electrons. The van der Waals surface area contributed by atoms with Gasteiger partial charge in [-0.25, -0.2) is 4.98 Å². The molecule has 1 heterocycles. The smallest absolute Gasteiger partial charge is 0.422 e. The number of hydrogen-bond acceptors (Lipinski definition) is 4. The highest BCUT2D eigenvalue weighted by Gasteiger charge is 2.28. The van der Waals surface area contributed by atoms with Crippen LogP contribution in [0.25, 0.3) is 0 Å². The van der Waals surface area contributed by atoms with Gasteiger partial charge in [0.25, 0.3) is 0 Å². The van der Waals surface area contributed by atoms with E-state index >= 15 is 0 Å². The van der Waals surface area contributed by atoms with E-state index in [1.165, 1.54) is 12.3 Å². The molecule has 0 aliphatic heterocycles. The van der Waals surface area contributed by atoms with Crippen LogP contribution in [0.5, 0.6) is 5.88 Å². The van der Waals surface area contributed by atoms with E-state index in [0.717, 1.165) is 30.7 Å². The number of aliphatic imine (C=N–C) groups is 1. The van der Waals surface area contributed by atoms with Gasteiger partial charge in [-0.2, -0.15) is 24.9 Å². The fourth-order valence-corrected chi connectivity index (χ4v) is 2.27. The Morgan fingerprint density at radius 1 is 1.32 bits per heavy atom. The van der Waals surface area contributed by atoms with E-state index in [0.29, 0.717) is 12.5 Å². The first-order valence-corrected chi connectivity index (χ1v) is 8.92. The fourth-order valence-electron chi connectivity index (χ4n) is 1.78. The lowest BCUT2D eigenvalue weighted by molar-refractivity contribution is -0.154. The molecule has 25 heavy (non-hydrogen) atoms. The third-order valence-electron chi connectivity index (χ3n) is 2.93. The van der Waals surface area contributed by atoms with Crippen LogP contribution in [0.15, 0.2) is 23.3 Å². The maximum absolute atomic E-state index is 12.1. The summed E-state index contributed by atoms with van der Waals surface area (Å²) >= 11 is 1.82. The van der Waals surface area contributed by atoms with Gasteiger partial charge in [0.05, 0.1) is 0 Å². The van der Waals surface area contributed by atoms with Crippen molar-refractivity contribution in [2.75, 3.05) is 32.2 Å². The van der Waals surface area contributed by atoms with Crippen molar-refractivity contribution in [3.05, 3.63) is 23.9 Å². The SMILES string of the molecule is CN=C(NCCCCSC)NCc1ccnc(OCC(F)(F)F)c1.I. The first-order valence-electron chi connectivity index (χ1n) is 7.52. The quantitative estimate of drug-likeness (QED) is 0.240. The molecular formula is C15H24F3IN4OS. The minimum absolute atomic E-state index is 0. The molecule has 0 aromatic carbocycles. The average Bonchev–Trinajstić information content (AvgIpc) is 2.55. The molecule has 0 bridgehead atoms. The van der Waals surface area contributed by atoms with Gasteiger partial charge in [-0.15, -0.1) is 24.0 Å². The van der Waals surface area contributed by atoms with Crippen LogP contribution in [-0.4, -0.2) is 49.3 Å². The van der Waals surface area contributed by atoms with Gasteiger partial charge in [-0.05, 0) is 36.5 Å². The Hall–Kier alpha value is -0.910. The molecule has 0 saturated carbocycles. The molecule has 2 N–H and O–H groups in total. The number of aromatic nitrogens is 1. The van der Waals surface area contributed by atoms with Crippen LogP contribution in [0, 0.1) is 0 Å². The summed E-state index contributed by atoms with van der Waals surface area (Å²) in [6.07, 6.45) is 1.30. The molecule has 1 rings (SSSR count). The predicted octanol–water partition coefficient (Wildman–Crippen LogP) is 3.45. The Labute approximate surface area is 167 Å². The summed E-state index contributed by atoms with van der Waals surface area (Å²) in [6, 6.07) is 3.18. The Morgan fingerprint density at radius 2 is 2.08 bits per heavy atom. The lowest BCUT2D eigenvalue weighted by Crippen LogP contribution is -2.37. The largest absolute Gasteiger partial charge is 0.468 e. The highest BCUT2D eigenvalue weighted by Crippen LogP contribution is 2.17. The van der Waals surface area contributed by atoms with E-state index in [1.54, 1.807) is 13.1 Å². The van der Waals surface area contributed by atoms with Crippen LogP contribution in [0.4, 0.5) is 13.2 Å². The molecule has 5 nitrogen and oxygen atoms in total. The zero-order valence-corrected chi connectivity index (χ0v) is 17.4. The highest BCUT2D eigenvalue weighted by atomic mass is 127. The van der Waals surface area contributed by atoms with Crippen molar-refractivity contribution in [2.24, 2.45) is 4.99 Å². The number of ether oxygens (including phenoxy) is 1. The van der Waals surface area contributed by atoms with Crippen molar-refractivity contribution in [1.82, 2.24) is 15.6 Å². The van der Waals surface area contributed by atoms with Crippen molar-refractivity contribution < 1.29 is 17.9 Å². The standard InChI is InChI=1S/C15H23F3N4OS.HI/c1-19-14(21-6-3-4-8-24-2)22-10-12-5-7-20-13(9-12)23-11-15(16,17)18;/h5,7,9H,3-4,6,8,10-11H2,1-2H3,(H2,19,21,22);1H. The molecule has 0 atom stereocenters. The molecule has 0 saturated heterocycles. The summed E-state index contributed by atoms with van der Waals surface area (Å²) in [7, 11) is 1.67. The Balaban J connectivity index is 0.00000576. The second-order valence-electron chi connectivity index (χ2n) is 4.96. The number of rotatable bonds is 9. The minimum Gasteiger partial charge on any atom is -0.468 e. The summed E-state index contributed by atoms with van der Waals surface area (Å²) in [6.45, 7) is -0.123. The number of nitrogens with zero attached hydrogens (tertiary/aromatic N) is 2. The van der Waals surface area contributed by atoms with Crippen LogP contribution >= 0.6 is 35.7 Å².